The molecule has 0 bridgehead atoms. The molecule has 0 unspecified atom stereocenters. The summed E-state index contributed by atoms with van der Waals surface area (Å²) in [5, 5.41) is 8.86. The van der Waals surface area contributed by atoms with Crippen LogP contribution in [0.15, 0.2) is 24.3 Å². The van der Waals surface area contributed by atoms with E-state index in [2.05, 4.69) is 12.1 Å². The Bertz CT molecular complexity index is 256. The number of benzene rings is 1. The Hall–Kier alpha value is -0.820. The highest BCUT2D eigenvalue weighted by Crippen LogP contribution is 2.40. The average Bonchev–Trinajstić information content (AvgIpc) is 3.04. The molecule has 0 atom stereocenters. The molecular weight excluding hydrogens is 160 g/mol. The van der Waals surface area contributed by atoms with Crippen LogP contribution < -0.4 is 0 Å². The quantitative estimate of drug-likeness (QED) is 0.740. The summed E-state index contributed by atoms with van der Waals surface area (Å²) in [6.45, 7) is 4.17. The first-order valence-electron chi connectivity index (χ1n) is 5.10. The molecular formula is C12H20O. The van der Waals surface area contributed by atoms with Gasteiger partial charge in [-0.3, -0.25) is 0 Å². The maximum absolute atomic E-state index is 8.86. The van der Waals surface area contributed by atoms with Gasteiger partial charge in [-0.05, 0) is 29.9 Å². The molecule has 1 heteroatoms. The third-order valence-corrected chi connectivity index (χ3v) is 2.18. The van der Waals surface area contributed by atoms with E-state index >= 15 is 0 Å². The standard InChI is InChI=1S/C10H12O.C2H6.H2/c11-7-8-2-1-3-10(6-8)9-4-5-9;1-2;/h1-3,6,9,11H,4-5,7H2;1-2H3;1H. The smallest absolute Gasteiger partial charge is 0.0681 e. The minimum atomic E-state index is 0. The van der Waals surface area contributed by atoms with E-state index in [1.807, 2.05) is 26.0 Å². The lowest BCUT2D eigenvalue weighted by atomic mass is 10.1. The SMILES string of the molecule is CC.OCc1cccc(C2CC2)c1.[HH]. The molecule has 0 saturated heterocycles. The minimum absolute atomic E-state index is 0. The zero-order chi connectivity index (χ0) is 9.68. The van der Waals surface area contributed by atoms with Gasteiger partial charge in [-0.1, -0.05) is 38.1 Å². The minimum Gasteiger partial charge on any atom is -0.392 e. The number of aliphatic hydroxyl groups excluding tert-OH is 1. The first-order chi connectivity index (χ1) is 6.40. The van der Waals surface area contributed by atoms with E-state index in [1.54, 1.807) is 0 Å². The molecule has 1 aliphatic rings. The Morgan fingerprint density at radius 2 is 2.08 bits per heavy atom. The van der Waals surface area contributed by atoms with Crippen LogP contribution in [-0.4, -0.2) is 5.11 Å². The summed E-state index contributed by atoms with van der Waals surface area (Å²) in [6.07, 6.45) is 2.66. The fourth-order valence-corrected chi connectivity index (χ4v) is 1.36. The molecule has 1 fully saturated rings. The van der Waals surface area contributed by atoms with Gasteiger partial charge in [0.1, 0.15) is 0 Å². The van der Waals surface area contributed by atoms with E-state index in [1.165, 1.54) is 18.4 Å². The van der Waals surface area contributed by atoms with E-state index in [0.29, 0.717) is 0 Å². The van der Waals surface area contributed by atoms with Crippen molar-refractivity contribution in [1.29, 1.82) is 0 Å². The monoisotopic (exact) mass is 180 g/mol. The molecule has 2 rings (SSSR count). The lowest BCUT2D eigenvalue weighted by Crippen LogP contribution is -1.85. The number of hydrogen-bond acceptors (Lipinski definition) is 1. The molecule has 0 amide bonds. The van der Waals surface area contributed by atoms with Gasteiger partial charge in [0.25, 0.3) is 0 Å². The Labute approximate surface area is 81.9 Å². The predicted molar refractivity (Wildman–Crippen MR) is 57.8 cm³/mol. The second-order valence-electron chi connectivity index (χ2n) is 3.18. The lowest BCUT2D eigenvalue weighted by molar-refractivity contribution is 0.281. The van der Waals surface area contributed by atoms with Crippen molar-refractivity contribution in [2.24, 2.45) is 0 Å². The first kappa shape index (κ1) is 10.3. The molecule has 0 aliphatic heterocycles. The molecule has 0 radical (unpaired) electrons. The summed E-state index contributed by atoms with van der Waals surface area (Å²) in [4.78, 5) is 0. The molecule has 0 heterocycles. The van der Waals surface area contributed by atoms with Crippen LogP contribution in [0.1, 0.15) is 45.2 Å². The third kappa shape index (κ3) is 2.85. The van der Waals surface area contributed by atoms with Crippen LogP contribution in [-0.2, 0) is 6.61 Å². The van der Waals surface area contributed by atoms with Crippen LogP contribution in [0.5, 0.6) is 0 Å². The molecule has 1 aromatic rings. The Balaban J connectivity index is 0.000000531. The zero-order valence-electron chi connectivity index (χ0n) is 8.46. The van der Waals surface area contributed by atoms with Crippen LogP contribution in [0.4, 0.5) is 0 Å². The van der Waals surface area contributed by atoms with Gasteiger partial charge in [0.15, 0.2) is 0 Å². The van der Waals surface area contributed by atoms with E-state index in [9.17, 15) is 0 Å². The largest absolute Gasteiger partial charge is 0.392 e. The van der Waals surface area contributed by atoms with Gasteiger partial charge >= 0.3 is 0 Å². The van der Waals surface area contributed by atoms with Crippen molar-refractivity contribution in [2.75, 3.05) is 0 Å². The summed E-state index contributed by atoms with van der Waals surface area (Å²) >= 11 is 0. The van der Waals surface area contributed by atoms with Gasteiger partial charge in [0, 0.05) is 1.43 Å². The molecule has 0 aromatic heterocycles. The van der Waals surface area contributed by atoms with Gasteiger partial charge in [0.05, 0.1) is 6.61 Å². The summed E-state index contributed by atoms with van der Waals surface area (Å²) in [6, 6.07) is 8.25. The molecule has 1 aromatic carbocycles. The van der Waals surface area contributed by atoms with Crippen LogP contribution in [0.2, 0.25) is 0 Å². The maximum Gasteiger partial charge on any atom is 0.0681 e. The summed E-state index contributed by atoms with van der Waals surface area (Å²) in [7, 11) is 0. The maximum atomic E-state index is 8.86. The Morgan fingerprint density at radius 3 is 2.62 bits per heavy atom. The normalized spacial score (nSPS) is 14.7. The number of rotatable bonds is 2. The van der Waals surface area contributed by atoms with Gasteiger partial charge in [-0.25, -0.2) is 0 Å². The lowest BCUT2D eigenvalue weighted by Gasteiger charge is -1.99. The fraction of sp³-hybridized carbons (Fsp3) is 0.500. The van der Waals surface area contributed by atoms with Crippen molar-refractivity contribution in [1.82, 2.24) is 0 Å². The Morgan fingerprint density at radius 1 is 1.38 bits per heavy atom. The summed E-state index contributed by atoms with van der Waals surface area (Å²) in [5.74, 6) is 0.793. The summed E-state index contributed by atoms with van der Waals surface area (Å²) < 4.78 is 0. The highest BCUT2D eigenvalue weighted by Gasteiger charge is 2.22. The first-order valence-corrected chi connectivity index (χ1v) is 5.10. The van der Waals surface area contributed by atoms with E-state index in [0.717, 1.165) is 11.5 Å². The van der Waals surface area contributed by atoms with Crippen LogP contribution >= 0.6 is 0 Å². The predicted octanol–water partition coefficient (Wildman–Crippen LogP) is 3.33. The second kappa shape index (κ2) is 5.03. The molecule has 1 aliphatic carbocycles. The zero-order valence-corrected chi connectivity index (χ0v) is 8.46. The average molecular weight is 180 g/mol. The van der Waals surface area contributed by atoms with Crippen molar-refractivity contribution in [3.63, 3.8) is 0 Å². The van der Waals surface area contributed by atoms with Crippen LogP contribution in [0.25, 0.3) is 0 Å². The summed E-state index contributed by atoms with van der Waals surface area (Å²) in [5.41, 5.74) is 2.44. The third-order valence-electron chi connectivity index (χ3n) is 2.18. The van der Waals surface area contributed by atoms with E-state index in [4.69, 9.17) is 5.11 Å². The highest BCUT2D eigenvalue weighted by atomic mass is 16.3. The van der Waals surface area contributed by atoms with Crippen molar-refractivity contribution in [3.05, 3.63) is 35.4 Å². The van der Waals surface area contributed by atoms with Crippen molar-refractivity contribution >= 4 is 0 Å². The highest BCUT2D eigenvalue weighted by molar-refractivity contribution is 5.28. The van der Waals surface area contributed by atoms with Crippen molar-refractivity contribution < 1.29 is 6.53 Å². The number of aliphatic hydroxyl groups is 1. The molecule has 13 heavy (non-hydrogen) atoms. The molecule has 1 N–H and O–H groups in total. The molecule has 1 nitrogen and oxygen atoms in total. The second-order valence-corrected chi connectivity index (χ2v) is 3.18. The van der Waals surface area contributed by atoms with Gasteiger partial charge < -0.3 is 5.11 Å². The van der Waals surface area contributed by atoms with E-state index < -0.39 is 0 Å². The van der Waals surface area contributed by atoms with Crippen LogP contribution in [0, 0.1) is 0 Å². The van der Waals surface area contributed by atoms with Crippen molar-refractivity contribution in [2.45, 2.75) is 39.2 Å². The van der Waals surface area contributed by atoms with Gasteiger partial charge in [-0.2, -0.15) is 0 Å². The van der Waals surface area contributed by atoms with Gasteiger partial charge in [-0.15, -0.1) is 0 Å². The molecule has 74 valence electrons. The van der Waals surface area contributed by atoms with Crippen LogP contribution in [0.3, 0.4) is 0 Å². The van der Waals surface area contributed by atoms with Crippen molar-refractivity contribution in [3.8, 4) is 0 Å². The Kier molecular flexibility index (Phi) is 3.97. The van der Waals surface area contributed by atoms with Gasteiger partial charge in [0.2, 0.25) is 0 Å². The topological polar surface area (TPSA) is 20.2 Å². The fourth-order valence-electron chi connectivity index (χ4n) is 1.36. The van der Waals surface area contributed by atoms with E-state index in [-0.39, 0.29) is 8.03 Å². The molecule has 0 spiro atoms. The number of hydrogen-bond donors (Lipinski definition) is 1. The molecule has 1 saturated carbocycles.